The summed E-state index contributed by atoms with van der Waals surface area (Å²) in [6.07, 6.45) is 0. The molecule has 4 rings (SSSR count). The van der Waals surface area contributed by atoms with Crippen molar-refractivity contribution < 1.29 is 0 Å². The number of tetrazole rings is 1. The molecule has 0 unspecified atom stereocenters. The fraction of sp³-hybridized carbons (Fsp3) is 0.111. The molecule has 0 saturated heterocycles. The minimum absolute atomic E-state index is 0.699. The summed E-state index contributed by atoms with van der Waals surface area (Å²) in [5.74, 6) is 0.699. The van der Waals surface area contributed by atoms with E-state index < -0.39 is 0 Å². The van der Waals surface area contributed by atoms with Crippen LogP contribution in [-0.4, -0.2) is 25.2 Å². The van der Waals surface area contributed by atoms with Crippen LogP contribution in [0.25, 0.3) is 27.6 Å². The molecule has 0 aliphatic heterocycles. The summed E-state index contributed by atoms with van der Waals surface area (Å²) in [6.45, 7) is 4.12. The van der Waals surface area contributed by atoms with Gasteiger partial charge in [0.15, 0.2) is 5.82 Å². The number of rotatable bonds is 3. The van der Waals surface area contributed by atoms with E-state index in [4.69, 9.17) is 0 Å². The average Bonchev–Trinajstić information content (AvgIpc) is 3.23. The molecule has 0 bridgehead atoms. The Hall–Kier alpha value is -2.38. The maximum absolute atomic E-state index is 4.67. The fourth-order valence-electron chi connectivity index (χ4n) is 2.55. The van der Waals surface area contributed by atoms with Crippen molar-refractivity contribution >= 4 is 27.3 Å². The number of halogens is 1. The topological polar surface area (TPSA) is 56.5 Å². The summed E-state index contributed by atoms with van der Waals surface area (Å²) in [5, 5.41) is 13.2. The molecule has 2 aromatic heterocycles. The Bertz CT molecular complexity index is 1020. The molecule has 0 radical (unpaired) electrons. The molecule has 4 aromatic rings. The molecule has 5 nitrogen and oxygen atoms in total. The Morgan fingerprint density at radius 2 is 1.80 bits per heavy atom. The molecule has 0 aliphatic carbocycles. The van der Waals surface area contributed by atoms with E-state index in [-0.39, 0.29) is 0 Å². The van der Waals surface area contributed by atoms with Gasteiger partial charge in [-0.15, -0.1) is 16.4 Å². The zero-order valence-electron chi connectivity index (χ0n) is 13.6. The summed E-state index contributed by atoms with van der Waals surface area (Å²) >= 11 is 5.42. The Kier molecular flexibility index (Phi) is 4.19. The highest BCUT2D eigenvalue weighted by Crippen LogP contribution is 2.36. The first-order chi connectivity index (χ1) is 12.1. The van der Waals surface area contributed by atoms with Gasteiger partial charge in [0.2, 0.25) is 0 Å². The quantitative estimate of drug-likeness (QED) is 0.484. The smallest absolute Gasteiger partial charge is 0.187 e. The number of benzene rings is 2. The lowest BCUT2D eigenvalue weighted by Gasteiger charge is -2.09. The van der Waals surface area contributed by atoms with E-state index in [9.17, 15) is 0 Å². The van der Waals surface area contributed by atoms with Gasteiger partial charge in [-0.3, -0.25) is 0 Å². The first-order valence-corrected chi connectivity index (χ1v) is 9.33. The molecule has 0 atom stereocenters. The van der Waals surface area contributed by atoms with Crippen LogP contribution in [0, 0.1) is 13.8 Å². The van der Waals surface area contributed by atoms with Crippen LogP contribution in [0.4, 0.5) is 0 Å². The van der Waals surface area contributed by atoms with Gasteiger partial charge in [0.05, 0.1) is 15.9 Å². The van der Waals surface area contributed by atoms with Crippen molar-refractivity contribution in [2.24, 2.45) is 0 Å². The second-order valence-electron chi connectivity index (χ2n) is 5.58. The van der Waals surface area contributed by atoms with Gasteiger partial charge < -0.3 is 0 Å². The first kappa shape index (κ1) is 16.1. The molecule has 2 heterocycles. The van der Waals surface area contributed by atoms with Crippen molar-refractivity contribution in [2.45, 2.75) is 13.8 Å². The Labute approximate surface area is 157 Å². The Morgan fingerprint density at radius 3 is 2.52 bits per heavy atom. The van der Waals surface area contributed by atoms with Gasteiger partial charge in [-0.1, -0.05) is 42.5 Å². The van der Waals surface area contributed by atoms with E-state index in [0.29, 0.717) is 5.82 Å². The van der Waals surface area contributed by atoms with Gasteiger partial charge in [-0.2, -0.15) is 4.68 Å². The fourth-order valence-corrected chi connectivity index (χ4v) is 4.25. The predicted molar refractivity (Wildman–Crippen MR) is 103 cm³/mol. The predicted octanol–water partition coefficient (Wildman–Crippen LogP) is 4.83. The van der Waals surface area contributed by atoms with Gasteiger partial charge in [-0.05, 0) is 46.3 Å². The largest absolute Gasteiger partial charge is 0.241 e. The van der Waals surface area contributed by atoms with E-state index in [1.165, 1.54) is 4.88 Å². The maximum Gasteiger partial charge on any atom is 0.187 e. The van der Waals surface area contributed by atoms with E-state index in [1.54, 1.807) is 16.0 Å². The third-order valence-electron chi connectivity index (χ3n) is 3.97. The van der Waals surface area contributed by atoms with E-state index in [1.807, 2.05) is 49.4 Å². The van der Waals surface area contributed by atoms with Crippen LogP contribution in [0.15, 0.2) is 53.0 Å². The normalized spacial score (nSPS) is 11.0. The second-order valence-corrected chi connectivity index (χ2v) is 7.58. The van der Waals surface area contributed by atoms with Crippen LogP contribution >= 0.6 is 27.3 Å². The molecule has 0 saturated carbocycles. The van der Waals surface area contributed by atoms with Crippen LogP contribution in [-0.2, 0) is 0 Å². The number of hydrogen-bond donors (Lipinski definition) is 0. The van der Waals surface area contributed by atoms with Gasteiger partial charge in [0, 0.05) is 16.0 Å². The average molecular weight is 412 g/mol. The summed E-state index contributed by atoms with van der Waals surface area (Å²) in [5.41, 5.74) is 3.94. The van der Waals surface area contributed by atoms with Gasteiger partial charge in [0.25, 0.3) is 0 Å². The van der Waals surface area contributed by atoms with Gasteiger partial charge >= 0.3 is 0 Å². The highest BCUT2D eigenvalue weighted by atomic mass is 79.9. The summed E-state index contributed by atoms with van der Waals surface area (Å²) in [4.78, 5) is 5.89. The monoisotopic (exact) mass is 411 g/mol. The van der Waals surface area contributed by atoms with Crippen molar-refractivity contribution in [2.75, 3.05) is 0 Å². The standard InChI is InChI=1S/C18H14BrN5S/c1-11-12(2)25-18(20-11)14-9-6-10-15(16(14)19)24-17(21-22-23-24)13-7-4-3-5-8-13/h3-10H,1-2H3. The SMILES string of the molecule is Cc1nc(-c2cccc(-n3nnnc3-c3ccccc3)c2Br)sc1C. The van der Waals surface area contributed by atoms with Crippen LogP contribution in [0.5, 0.6) is 0 Å². The van der Waals surface area contributed by atoms with Gasteiger partial charge in [-0.25, -0.2) is 4.98 Å². The molecule has 0 amide bonds. The number of hydrogen-bond acceptors (Lipinski definition) is 5. The van der Waals surface area contributed by atoms with E-state index in [0.717, 1.165) is 32.0 Å². The highest BCUT2D eigenvalue weighted by molar-refractivity contribution is 9.10. The molecular formula is C18H14BrN5S. The molecule has 7 heteroatoms. The summed E-state index contributed by atoms with van der Waals surface area (Å²) in [6, 6.07) is 15.9. The summed E-state index contributed by atoms with van der Waals surface area (Å²) < 4.78 is 2.67. The van der Waals surface area contributed by atoms with Crippen LogP contribution in [0.1, 0.15) is 10.6 Å². The lowest BCUT2D eigenvalue weighted by Crippen LogP contribution is -2.01. The molecular weight excluding hydrogens is 398 g/mol. The van der Waals surface area contributed by atoms with Crippen molar-refractivity contribution in [3.63, 3.8) is 0 Å². The zero-order chi connectivity index (χ0) is 17.4. The third-order valence-corrected chi connectivity index (χ3v) is 5.91. The van der Waals surface area contributed by atoms with Crippen molar-refractivity contribution in [3.05, 3.63) is 63.6 Å². The molecule has 124 valence electrons. The molecule has 0 fully saturated rings. The molecule has 0 aliphatic rings. The summed E-state index contributed by atoms with van der Waals surface area (Å²) in [7, 11) is 0. The Morgan fingerprint density at radius 1 is 1.00 bits per heavy atom. The highest BCUT2D eigenvalue weighted by Gasteiger charge is 2.17. The molecule has 2 aromatic carbocycles. The lowest BCUT2D eigenvalue weighted by molar-refractivity contribution is 0.789. The van der Waals surface area contributed by atoms with E-state index >= 15 is 0 Å². The number of thiazole rings is 1. The van der Waals surface area contributed by atoms with Crippen molar-refractivity contribution in [3.8, 4) is 27.6 Å². The minimum Gasteiger partial charge on any atom is -0.241 e. The first-order valence-electron chi connectivity index (χ1n) is 7.72. The lowest BCUT2D eigenvalue weighted by atomic mass is 10.2. The van der Waals surface area contributed by atoms with Crippen LogP contribution < -0.4 is 0 Å². The van der Waals surface area contributed by atoms with Crippen LogP contribution in [0.2, 0.25) is 0 Å². The second kappa shape index (κ2) is 6.50. The Balaban J connectivity index is 1.86. The number of aromatic nitrogens is 5. The molecule has 25 heavy (non-hydrogen) atoms. The van der Waals surface area contributed by atoms with Crippen molar-refractivity contribution in [1.29, 1.82) is 0 Å². The van der Waals surface area contributed by atoms with Crippen molar-refractivity contribution in [1.82, 2.24) is 25.2 Å². The molecule has 0 spiro atoms. The number of aryl methyl sites for hydroxylation is 2. The molecule has 0 N–H and O–H groups in total. The third kappa shape index (κ3) is 2.89. The zero-order valence-corrected chi connectivity index (χ0v) is 16.0. The van der Waals surface area contributed by atoms with Gasteiger partial charge in [0.1, 0.15) is 5.01 Å². The van der Waals surface area contributed by atoms with Crippen LogP contribution in [0.3, 0.4) is 0 Å². The maximum atomic E-state index is 4.67. The minimum atomic E-state index is 0.699. The van der Waals surface area contributed by atoms with E-state index in [2.05, 4.69) is 49.4 Å². The number of nitrogens with zero attached hydrogens (tertiary/aromatic N) is 5.